The van der Waals surface area contributed by atoms with Crippen LogP contribution in [0.25, 0.3) is 0 Å². The molecule has 1 atom stereocenters. The first-order chi connectivity index (χ1) is 11.1. The summed E-state index contributed by atoms with van der Waals surface area (Å²) < 4.78 is 5.25. The quantitative estimate of drug-likeness (QED) is 0.776. The van der Waals surface area contributed by atoms with Crippen LogP contribution in [0.4, 0.5) is 5.82 Å². The van der Waals surface area contributed by atoms with Gasteiger partial charge in [0, 0.05) is 39.4 Å². The molecule has 0 aliphatic carbocycles. The number of nitriles is 1. The Balaban J connectivity index is 2.57. The zero-order valence-electron chi connectivity index (χ0n) is 14.3. The molecule has 0 aromatic carbocycles. The number of anilines is 1. The molecular formula is C18H24N4O. The Morgan fingerprint density at radius 1 is 1.35 bits per heavy atom. The van der Waals surface area contributed by atoms with Crippen molar-refractivity contribution < 1.29 is 4.74 Å². The minimum Gasteiger partial charge on any atom is -0.385 e. The van der Waals surface area contributed by atoms with E-state index < -0.39 is 5.54 Å². The van der Waals surface area contributed by atoms with Gasteiger partial charge in [0.15, 0.2) is 0 Å². The van der Waals surface area contributed by atoms with Crippen LogP contribution >= 0.6 is 0 Å². The number of aliphatic imine (C=N–C) groups is 1. The molecule has 0 N–H and O–H groups in total. The highest BCUT2D eigenvalue weighted by molar-refractivity contribution is 5.76. The molecule has 1 aliphatic heterocycles. The molecule has 2 rings (SSSR count). The molecule has 2 heterocycles. The average molecular weight is 312 g/mol. The molecule has 1 unspecified atom stereocenters. The van der Waals surface area contributed by atoms with E-state index in [1.165, 1.54) is 0 Å². The smallest absolute Gasteiger partial charge is 0.147 e. The van der Waals surface area contributed by atoms with Crippen molar-refractivity contribution in [3.63, 3.8) is 0 Å². The van der Waals surface area contributed by atoms with Crippen molar-refractivity contribution in [2.75, 3.05) is 31.7 Å². The Morgan fingerprint density at radius 2 is 2.09 bits per heavy atom. The highest BCUT2D eigenvalue weighted by atomic mass is 16.5. The van der Waals surface area contributed by atoms with Crippen molar-refractivity contribution in [2.24, 2.45) is 4.99 Å². The summed E-state index contributed by atoms with van der Waals surface area (Å²) >= 11 is 0. The van der Waals surface area contributed by atoms with Gasteiger partial charge in [0.1, 0.15) is 17.4 Å². The van der Waals surface area contributed by atoms with Crippen LogP contribution in [0.1, 0.15) is 37.1 Å². The zero-order valence-corrected chi connectivity index (χ0v) is 14.3. The van der Waals surface area contributed by atoms with E-state index in [0.717, 1.165) is 36.6 Å². The predicted molar refractivity (Wildman–Crippen MR) is 93.1 cm³/mol. The number of hydrogen-bond acceptors (Lipinski definition) is 5. The van der Waals surface area contributed by atoms with Gasteiger partial charge >= 0.3 is 0 Å². The Kier molecular flexibility index (Phi) is 5.51. The van der Waals surface area contributed by atoms with Gasteiger partial charge in [-0.25, -0.2) is 4.98 Å². The molecule has 23 heavy (non-hydrogen) atoms. The predicted octanol–water partition coefficient (Wildman–Crippen LogP) is 2.98. The number of methoxy groups -OCH3 is 1. The normalized spacial score (nSPS) is 19.1. The fraction of sp³-hybridized carbons (Fsp3) is 0.500. The zero-order chi connectivity index (χ0) is 16.9. The van der Waals surface area contributed by atoms with E-state index in [2.05, 4.69) is 35.9 Å². The van der Waals surface area contributed by atoms with E-state index in [4.69, 9.17) is 9.72 Å². The van der Waals surface area contributed by atoms with Gasteiger partial charge in [-0.15, -0.1) is 0 Å². The lowest BCUT2D eigenvalue weighted by Crippen LogP contribution is -2.28. The number of ether oxygens (including phenoxy) is 1. The summed E-state index contributed by atoms with van der Waals surface area (Å²) in [5, 5.41) is 9.52. The van der Waals surface area contributed by atoms with Crippen molar-refractivity contribution in [3.05, 3.63) is 35.0 Å². The van der Waals surface area contributed by atoms with Gasteiger partial charge in [0.25, 0.3) is 0 Å². The number of nitrogens with zero attached hydrogens (tertiary/aromatic N) is 4. The number of hydrogen-bond donors (Lipinski definition) is 0. The summed E-state index contributed by atoms with van der Waals surface area (Å²) in [5.74, 6) is 0.750. The van der Waals surface area contributed by atoms with Gasteiger partial charge in [0.2, 0.25) is 0 Å². The van der Waals surface area contributed by atoms with E-state index in [1.807, 2.05) is 25.3 Å². The Morgan fingerprint density at radius 3 is 2.61 bits per heavy atom. The van der Waals surface area contributed by atoms with Gasteiger partial charge < -0.3 is 9.64 Å². The highest BCUT2D eigenvalue weighted by Crippen LogP contribution is 2.35. The molecule has 0 amide bonds. The van der Waals surface area contributed by atoms with E-state index in [1.54, 1.807) is 7.11 Å². The first-order valence-electron chi connectivity index (χ1n) is 8.01. The lowest BCUT2D eigenvalue weighted by atomic mass is 9.90. The van der Waals surface area contributed by atoms with Crippen molar-refractivity contribution in [1.82, 2.24) is 4.98 Å². The molecule has 1 aliphatic rings. The SMILES string of the molecule is CCN(CC)c1nc(C2(CCOC)C=CC=N2)cc(C)c1C#N. The molecule has 0 bridgehead atoms. The van der Waals surface area contributed by atoms with E-state index in [9.17, 15) is 5.26 Å². The summed E-state index contributed by atoms with van der Waals surface area (Å²) in [7, 11) is 1.69. The lowest BCUT2D eigenvalue weighted by Gasteiger charge is -2.28. The summed E-state index contributed by atoms with van der Waals surface area (Å²) in [6, 6.07) is 4.28. The third-order valence-corrected chi connectivity index (χ3v) is 4.27. The van der Waals surface area contributed by atoms with E-state index >= 15 is 0 Å². The molecular weight excluding hydrogens is 288 g/mol. The maximum Gasteiger partial charge on any atom is 0.147 e. The molecule has 0 radical (unpaired) electrons. The third kappa shape index (κ3) is 3.27. The van der Waals surface area contributed by atoms with Crippen LogP contribution < -0.4 is 4.90 Å². The van der Waals surface area contributed by atoms with Gasteiger partial charge in [0.05, 0.1) is 11.3 Å². The van der Waals surface area contributed by atoms with Crippen LogP contribution in [-0.4, -0.2) is 38.0 Å². The van der Waals surface area contributed by atoms with Crippen LogP contribution in [0.3, 0.4) is 0 Å². The van der Waals surface area contributed by atoms with Crippen LogP contribution in [0.15, 0.2) is 23.2 Å². The second-order valence-electron chi connectivity index (χ2n) is 5.61. The molecule has 0 fully saturated rings. The van der Waals surface area contributed by atoms with Gasteiger partial charge in [-0.1, -0.05) is 0 Å². The number of aromatic nitrogens is 1. The highest BCUT2D eigenvalue weighted by Gasteiger charge is 2.33. The van der Waals surface area contributed by atoms with Crippen LogP contribution in [0.2, 0.25) is 0 Å². The second kappa shape index (κ2) is 7.38. The summed E-state index contributed by atoms with van der Waals surface area (Å²) in [6.45, 7) is 8.33. The maximum absolute atomic E-state index is 9.52. The summed E-state index contributed by atoms with van der Waals surface area (Å²) in [5.41, 5.74) is 1.96. The van der Waals surface area contributed by atoms with Gasteiger partial charge in [-0.2, -0.15) is 5.26 Å². The largest absolute Gasteiger partial charge is 0.385 e. The van der Waals surface area contributed by atoms with E-state index in [0.29, 0.717) is 12.2 Å². The van der Waals surface area contributed by atoms with Crippen LogP contribution in [0, 0.1) is 18.3 Å². The number of aryl methyl sites for hydroxylation is 1. The number of pyridine rings is 1. The van der Waals surface area contributed by atoms with E-state index in [-0.39, 0.29) is 0 Å². The fourth-order valence-electron chi connectivity index (χ4n) is 2.87. The fourth-order valence-corrected chi connectivity index (χ4v) is 2.87. The maximum atomic E-state index is 9.52. The lowest BCUT2D eigenvalue weighted by molar-refractivity contribution is 0.178. The molecule has 122 valence electrons. The average Bonchev–Trinajstić information content (AvgIpc) is 3.04. The summed E-state index contributed by atoms with van der Waals surface area (Å²) in [6.07, 6.45) is 6.54. The molecule has 0 saturated heterocycles. The molecule has 0 saturated carbocycles. The molecule has 1 aromatic heterocycles. The standard InChI is InChI=1S/C18H24N4O/c1-5-22(6-2)17-15(13-19)14(3)12-16(21-17)18(9-11-23-4)8-7-10-20-18/h7-8,10,12H,5-6,9,11H2,1-4H3. The second-order valence-corrected chi connectivity index (χ2v) is 5.61. The van der Waals surface area contributed by atoms with Crippen molar-refractivity contribution in [3.8, 4) is 6.07 Å². The van der Waals surface area contributed by atoms with Gasteiger partial charge in [-0.3, -0.25) is 4.99 Å². The monoisotopic (exact) mass is 312 g/mol. The molecule has 5 nitrogen and oxygen atoms in total. The summed E-state index contributed by atoms with van der Waals surface area (Å²) in [4.78, 5) is 11.6. The third-order valence-electron chi connectivity index (χ3n) is 4.27. The molecule has 5 heteroatoms. The van der Waals surface area contributed by atoms with Crippen LogP contribution in [-0.2, 0) is 10.3 Å². The van der Waals surface area contributed by atoms with Gasteiger partial charge in [-0.05, 0) is 44.6 Å². The Hall–Kier alpha value is -2.19. The van der Waals surface area contributed by atoms with Crippen molar-refractivity contribution in [2.45, 2.75) is 32.7 Å². The molecule has 0 spiro atoms. The topological polar surface area (TPSA) is 61.5 Å². The number of allylic oxidation sites excluding steroid dienone is 1. The first kappa shape index (κ1) is 17.2. The Labute approximate surface area is 138 Å². The molecule has 1 aromatic rings. The van der Waals surface area contributed by atoms with Crippen LogP contribution in [0.5, 0.6) is 0 Å². The minimum atomic E-state index is -0.489. The first-order valence-corrected chi connectivity index (χ1v) is 8.01. The van der Waals surface area contributed by atoms with Crippen molar-refractivity contribution in [1.29, 1.82) is 5.26 Å². The number of rotatable bonds is 7. The Bertz CT molecular complexity index is 642. The van der Waals surface area contributed by atoms with Crippen molar-refractivity contribution >= 4 is 12.0 Å². The minimum absolute atomic E-state index is 0.489.